The van der Waals surface area contributed by atoms with Gasteiger partial charge in [-0.25, -0.2) is 0 Å². The topological polar surface area (TPSA) is 37.6 Å². The van der Waals surface area contributed by atoms with Crippen molar-refractivity contribution in [3.8, 4) is 0 Å². The molecule has 1 heterocycles. The molecule has 8 heteroatoms. The van der Waals surface area contributed by atoms with Gasteiger partial charge in [0.25, 0.3) is 0 Å². The minimum absolute atomic E-state index is 0. The summed E-state index contributed by atoms with van der Waals surface area (Å²) in [5, 5.41) is 1.33. The molecule has 2 aromatic carbocycles. The van der Waals surface area contributed by atoms with Crippen molar-refractivity contribution in [3.05, 3.63) is 87.2 Å². The quantitative estimate of drug-likeness (QED) is 0.309. The molecule has 0 atom stereocenters. The molecule has 0 aliphatic carbocycles. The van der Waals surface area contributed by atoms with Crippen LogP contribution in [0.3, 0.4) is 0 Å². The monoisotopic (exact) mass is 619 g/mol. The summed E-state index contributed by atoms with van der Waals surface area (Å²) in [4.78, 5) is 14.2. The van der Waals surface area contributed by atoms with E-state index in [1.165, 1.54) is 0 Å². The summed E-state index contributed by atoms with van der Waals surface area (Å²) in [6.07, 6.45) is 5.02. The number of halogens is 4. The van der Waals surface area contributed by atoms with Crippen LogP contribution in [0.2, 0.25) is 10.0 Å². The Hall–Kier alpha value is -1.39. The van der Waals surface area contributed by atoms with Gasteiger partial charge in [-0.15, -0.1) is 0 Å². The van der Waals surface area contributed by atoms with Gasteiger partial charge in [-0.05, 0) is 46.2 Å². The first-order chi connectivity index (χ1) is 16.0. The number of nitrogens with zero attached hydrogens (tertiary/aromatic N) is 3. The molecule has 0 fully saturated rings. The predicted octanol–water partition coefficient (Wildman–Crippen LogP) is 2.88. The van der Waals surface area contributed by atoms with Gasteiger partial charge in [0.2, 0.25) is 0 Å². The number of para-hydroxylation sites is 2. The molecule has 200 valence electrons. The average Bonchev–Trinajstić information content (AvgIpc) is 2.75. The molecule has 0 bridgehead atoms. The van der Waals surface area contributed by atoms with Crippen LogP contribution in [0.25, 0.3) is 0 Å². The number of aromatic nitrogens is 1. The van der Waals surface area contributed by atoms with Gasteiger partial charge in [0.05, 0.1) is 21.4 Å². The van der Waals surface area contributed by atoms with E-state index in [1.54, 1.807) is 0 Å². The largest absolute Gasteiger partial charge is 2.00 e. The van der Waals surface area contributed by atoms with Crippen molar-refractivity contribution in [2.45, 2.75) is 65.2 Å². The molecule has 0 aliphatic heterocycles. The minimum atomic E-state index is -0.0381. The van der Waals surface area contributed by atoms with E-state index in [4.69, 9.17) is 38.2 Å². The number of hydrogen-bond donors (Lipinski definition) is 0. The first-order valence-corrected chi connectivity index (χ1v) is 12.3. The van der Waals surface area contributed by atoms with Gasteiger partial charge < -0.3 is 24.8 Å². The molecule has 0 radical (unpaired) electrons. The molecular weight excluding hydrogens is 588 g/mol. The van der Waals surface area contributed by atoms with Crippen LogP contribution in [0, 0.1) is 0 Å². The molecule has 3 rings (SSSR count). The molecule has 0 spiro atoms. The molecule has 3 aromatic rings. The van der Waals surface area contributed by atoms with Crippen LogP contribution in [0.4, 0.5) is 11.4 Å². The van der Waals surface area contributed by atoms with Crippen LogP contribution >= 0.6 is 23.2 Å². The van der Waals surface area contributed by atoms with E-state index in [0.717, 1.165) is 33.9 Å². The van der Waals surface area contributed by atoms with E-state index in [1.807, 2.05) is 54.9 Å². The van der Waals surface area contributed by atoms with Crippen LogP contribution in [-0.2, 0) is 40.7 Å². The predicted molar refractivity (Wildman–Crippen MR) is 148 cm³/mol. The maximum Gasteiger partial charge on any atom is 2.00 e. The standard InChI is InChI=1S/C29H33Cl2N3.2ClH.Fe/c1-28(2,3)22-12-8-14-24(30)26(22)32-18-16-20-10-7-11-21(34-20)17-19-33-27-23(29(4,5)6)13-9-15-25(27)31;;;/h7-15,18-19H,16-17H2,1-6H3;2*1H;/q;;;+2/p-2. The Labute approximate surface area is 254 Å². The smallest absolute Gasteiger partial charge is 1.00 e. The molecule has 3 nitrogen and oxygen atoms in total. The Morgan fingerprint density at radius 3 is 1.35 bits per heavy atom. The fraction of sp³-hybridized carbons (Fsp3) is 0.345. The van der Waals surface area contributed by atoms with Gasteiger partial charge in [-0.3, -0.25) is 15.0 Å². The number of rotatable bonds is 6. The van der Waals surface area contributed by atoms with E-state index in [9.17, 15) is 0 Å². The van der Waals surface area contributed by atoms with Crippen LogP contribution in [0.1, 0.15) is 64.1 Å². The summed E-state index contributed by atoms with van der Waals surface area (Å²) in [7, 11) is 0. The second kappa shape index (κ2) is 15.3. The normalized spacial score (nSPS) is 11.7. The molecule has 0 N–H and O–H groups in total. The van der Waals surface area contributed by atoms with Gasteiger partial charge in [0.15, 0.2) is 0 Å². The number of benzene rings is 2. The van der Waals surface area contributed by atoms with Crippen LogP contribution in [0.15, 0.2) is 64.6 Å². The van der Waals surface area contributed by atoms with Crippen LogP contribution < -0.4 is 24.8 Å². The number of hydrogen-bond acceptors (Lipinski definition) is 3. The fourth-order valence-electron chi connectivity index (χ4n) is 3.72. The fourth-order valence-corrected chi connectivity index (χ4v) is 4.17. The zero-order valence-electron chi connectivity index (χ0n) is 22.0. The summed E-state index contributed by atoms with van der Waals surface area (Å²) in [6.45, 7) is 13.0. The molecule has 1 aromatic heterocycles. The van der Waals surface area contributed by atoms with E-state index in [0.29, 0.717) is 22.9 Å². The Bertz CT molecular complexity index is 1120. The van der Waals surface area contributed by atoms with E-state index < -0.39 is 0 Å². The summed E-state index contributed by atoms with van der Waals surface area (Å²) >= 11 is 12.9. The van der Waals surface area contributed by atoms with Gasteiger partial charge >= 0.3 is 17.1 Å². The van der Waals surface area contributed by atoms with Crippen molar-refractivity contribution >= 4 is 47.0 Å². The maximum absolute atomic E-state index is 6.45. The van der Waals surface area contributed by atoms with Crippen LogP contribution in [0.5, 0.6) is 0 Å². The Morgan fingerprint density at radius 2 is 1.00 bits per heavy atom. The Balaban J connectivity index is 0.00000432. The van der Waals surface area contributed by atoms with Crippen molar-refractivity contribution in [1.29, 1.82) is 0 Å². The van der Waals surface area contributed by atoms with Gasteiger partial charge in [-0.2, -0.15) is 0 Å². The molecule has 0 unspecified atom stereocenters. The third kappa shape index (κ3) is 10.0. The molecule has 0 saturated carbocycles. The summed E-state index contributed by atoms with van der Waals surface area (Å²) < 4.78 is 0. The van der Waals surface area contributed by atoms with Crippen LogP contribution in [-0.4, -0.2) is 17.4 Å². The first-order valence-electron chi connectivity index (χ1n) is 11.5. The van der Waals surface area contributed by atoms with E-state index in [-0.39, 0.29) is 52.7 Å². The summed E-state index contributed by atoms with van der Waals surface area (Å²) in [5.74, 6) is 0. The summed E-state index contributed by atoms with van der Waals surface area (Å²) in [5.41, 5.74) is 5.74. The van der Waals surface area contributed by atoms with Crippen molar-refractivity contribution in [1.82, 2.24) is 4.98 Å². The Kier molecular flexibility index (Phi) is 14.7. The minimum Gasteiger partial charge on any atom is -1.00 e. The van der Waals surface area contributed by atoms with Crippen molar-refractivity contribution in [3.63, 3.8) is 0 Å². The third-order valence-corrected chi connectivity index (χ3v) is 6.11. The molecule has 0 aliphatic rings. The zero-order chi connectivity index (χ0) is 24.9. The number of pyridine rings is 1. The van der Waals surface area contributed by atoms with Crippen molar-refractivity contribution in [2.75, 3.05) is 0 Å². The number of aliphatic imine (C=N–C) groups is 2. The maximum atomic E-state index is 6.45. The van der Waals surface area contributed by atoms with Crippen molar-refractivity contribution in [2.24, 2.45) is 9.98 Å². The van der Waals surface area contributed by atoms with E-state index >= 15 is 0 Å². The SMILES string of the molecule is CC(C)(C)c1cccc(Cl)c1N=CCc1cccc(CC=Nc2c(Cl)cccc2C(C)(C)C)n1.[Cl-].[Cl-].[Fe+2]. The molecule has 37 heavy (non-hydrogen) atoms. The summed E-state index contributed by atoms with van der Waals surface area (Å²) in [6, 6.07) is 17.9. The average molecular weight is 621 g/mol. The third-order valence-electron chi connectivity index (χ3n) is 5.50. The van der Waals surface area contributed by atoms with Gasteiger partial charge in [0, 0.05) is 36.7 Å². The van der Waals surface area contributed by atoms with Gasteiger partial charge in [-0.1, -0.05) is 95.1 Å². The van der Waals surface area contributed by atoms with E-state index in [2.05, 4.69) is 53.7 Å². The molecule has 0 amide bonds. The van der Waals surface area contributed by atoms with Crippen molar-refractivity contribution < 1.29 is 41.9 Å². The molecule has 0 saturated heterocycles. The first kappa shape index (κ1) is 35.6. The second-order valence-electron chi connectivity index (χ2n) is 10.4. The second-order valence-corrected chi connectivity index (χ2v) is 11.2. The molecular formula is C29H33Cl4FeN3. The Morgan fingerprint density at radius 1 is 0.649 bits per heavy atom. The van der Waals surface area contributed by atoms with Gasteiger partial charge in [0.1, 0.15) is 0 Å². The zero-order valence-corrected chi connectivity index (χ0v) is 26.1.